The number of hydrogen-bond acceptors (Lipinski definition) is 4. The third-order valence-corrected chi connectivity index (χ3v) is 5.99. The number of fused-ring (bicyclic) bond motifs is 3. The summed E-state index contributed by atoms with van der Waals surface area (Å²) in [6.45, 7) is 0.705. The molecule has 5 rings (SSSR count). The van der Waals surface area contributed by atoms with Crippen molar-refractivity contribution in [2.45, 2.75) is 12.8 Å². The van der Waals surface area contributed by atoms with E-state index >= 15 is 0 Å². The number of thiophene rings is 1. The number of rotatable bonds is 5. The van der Waals surface area contributed by atoms with Crippen molar-refractivity contribution in [2.75, 3.05) is 11.9 Å². The Hall–Kier alpha value is -2.99. The van der Waals surface area contributed by atoms with Crippen molar-refractivity contribution in [1.82, 2.24) is 10.3 Å². The highest BCUT2D eigenvalue weighted by atomic mass is 32.1. The van der Waals surface area contributed by atoms with E-state index in [-0.39, 0.29) is 11.7 Å². The maximum Gasteiger partial charge on any atom is 0.253 e. The van der Waals surface area contributed by atoms with Crippen molar-refractivity contribution < 1.29 is 9.18 Å². The van der Waals surface area contributed by atoms with Gasteiger partial charge in [0.25, 0.3) is 5.91 Å². The SMILES string of the molecule is O=C(NCC1CC1)c1cccc2c1nc(Nc1ccccc1F)c1ccsc12. The molecule has 1 saturated carbocycles. The number of carbonyl (C=O) groups excluding carboxylic acids is 1. The molecule has 0 bridgehead atoms. The van der Waals surface area contributed by atoms with Crippen LogP contribution in [0.25, 0.3) is 21.0 Å². The van der Waals surface area contributed by atoms with E-state index in [1.807, 2.05) is 23.6 Å². The van der Waals surface area contributed by atoms with Gasteiger partial charge in [-0.25, -0.2) is 9.37 Å². The lowest BCUT2D eigenvalue weighted by molar-refractivity contribution is 0.0953. The van der Waals surface area contributed by atoms with Crippen molar-refractivity contribution in [3.63, 3.8) is 0 Å². The number of para-hydroxylation sites is 2. The quantitative estimate of drug-likeness (QED) is 0.474. The lowest BCUT2D eigenvalue weighted by atomic mass is 10.1. The number of amides is 1. The predicted molar refractivity (Wildman–Crippen MR) is 112 cm³/mol. The minimum absolute atomic E-state index is 0.113. The summed E-state index contributed by atoms with van der Waals surface area (Å²) in [6.07, 6.45) is 2.36. The number of carbonyl (C=O) groups is 1. The van der Waals surface area contributed by atoms with Crippen molar-refractivity contribution in [3.8, 4) is 0 Å². The molecule has 1 aliphatic carbocycles. The summed E-state index contributed by atoms with van der Waals surface area (Å²) in [6, 6.07) is 14.1. The molecule has 4 aromatic rings. The molecule has 1 fully saturated rings. The van der Waals surface area contributed by atoms with Gasteiger partial charge in [-0.15, -0.1) is 11.3 Å². The van der Waals surface area contributed by atoms with Gasteiger partial charge in [-0.3, -0.25) is 4.79 Å². The van der Waals surface area contributed by atoms with E-state index in [9.17, 15) is 9.18 Å². The second-order valence-electron chi connectivity index (χ2n) is 7.08. The molecule has 140 valence electrons. The molecule has 0 radical (unpaired) electrons. The first-order chi connectivity index (χ1) is 13.7. The Balaban J connectivity index is 1.63. The largest absolute Gasteiger partial charge is 0.352 e. The molecule has 0 saturated heterocycles. The van der Waals surface area contributed by atoms with Gasteiger partial charge in [-0.2, -0.15) is 0 Å². The fraction of sp³-hybridized carbons (Fsp3) is 0.182. The Morgan fingerprint density at radius 3 is 2.79 bits per heavy atom. The number of nitrogens with zero attached hydrogens (tertiary/aromatic N) is 1. The summed E-state index contributed by atoms with van der Waals surface area (Å²) >= 11 is 1.59. The number of hydrogen-bond donors (Lipinski definition) is 2. The molecular formula is C22H18FN3OS. The number of nitrogens with one attached hydrogen (secondary N) is 2. The molecule has 2 heterocycles. The maximum atomic E-state index is 14.2. The Kier molecular flexibility index (Phi) is 4.20. The Labute approximate surface area is 165 Å². The van der Waals surface area contributed by atoms with Crippen LogP contribution in [0.3, 0.4) is 0 Å². The topological polar surface area (TPSA) is 54.0 Å². The van der Waals surface area contributed by atoms with E-state index in [0.29, 0.717) is 35.0 Å². The molecule has 1 amide bonds. The van der Waals surface area contributed by atoms with Crippen LogP contribution < -0.4 is 10.6 Å². The second-order valence-corrected chi connectivity index (χ2v) is 8.00. The lowest BCUT2D eigenvalue weighted by Gasteiger charge is -2.12. The second kappa shape index (κ2) is 6.87. The maximum absolute atomic E-state index is 14.2. The van der Waals surface area contributed by atoms with E-state index < -0.39 is 0 Å². The van der Waals surface area contributed by atoms with Crippen LogP contribution in [0, 0.1) is 11.7 Å². The normalized spacial score (nSPS) is 13.8. The average molecular weight is 391 g/mol. The third kappa shape index (κ3) is 3.10. The molecule has 0 unspecified atom stereocenters. The van der Waals surface area contributed by atoms with Crippen molar-refractivity contribution >= 4 is 49.7 Å². The lowest BCUT2D eigenvalue weighted by Crippen LogP contribution is -2.25. The summed E-state index contributed by atoms with van der Waals surface area (Å²) in [5, 5.41) is 9.96. The fourth-order valence-corrected chi connectivity index (χ4v) is 4.27. The average Bonchev–Trinajstić information content (AvgIpc) is 3.40. The molecule has 1 aliphatic rings. The van der Waals surface area contributed by atoms with Crippen LogP contribution >= 0.6 is 11.3 Å². The van der Waals surface area contributed by atoms with Crippen LogP contribution in [0.15, 0.2) is 53.9 Å². The van der Waals surface area contributed by atoms with Gasteiger partial charge in [0.15, 0.2) is 0 Å². The molecule has 28 heavy (non-hydrogen) atoms. The van der Waals surface area contributed by atoms with Gasteiger partial charge < -0.3 is 10.6 Å². The smallest absolute Gasteiger partial charge is 0.253 e. The monoisotopic (exact) mass is 391 g/mol. The number of benzene rings is 2. The van der Waals surface area contributed by atoms with Crippen LogP contribution in [-0.2, 0) is 0 Å². The molecular weight excluding hydrogens is 373 g/mol. The first-order valence-electron chi connectivity index (χ1n) is 9.30. The molecule has 2 N–H and O–H groups in total. The zero-order valence-corrected chi connectivity index (χ0v) is 15.9. The number of pyridine rings is 1. The van der Waals surface area contributed by atoms with Crippen LogP contribution in [0.4, 0.5) is 15.9 Å². The first-order valence-corrected chi connectivity index (χ1v) is 10.2. The van der Waals surface area contributed by atoms with Crippen LogP contribution in [0.5, 0.6) is 0 Å². The number of aromatic nitrogens is 1. The highest BCUT2D eigenvalue weighted by Crippen LogP contribution is 2.36. The zero-order valence-electron chi connectivity index (χ0n) is 15.0. The minimum atomic E-state index is -0.344. The Morgan fingerprint density at radius 1 is 1.11 bits per heavy atom. The molecule has 6 heteroatoms. The third-order valence-electron chi connectivity index (χ3n) is 5.04. The van der Waals surface area contributed by atoms with Gasteiger partial charge in [0, 0.05) is 22.0 Å². The summed E-state index contributed by atoms with van der Waals surface area (Å²) in [4.78, 5) is 17.5. The van der Waals surface area contributed by atoms with E-state index in [2.05, 4.69) is 10.6 Å². The molecule has 2 aromatic heterocycles. The molecule has 4 nitrogen and oxygen atoms in total. The highest BCUT2D eigenvalue weighted by Gasteiger charge is 2.23. The number of anilines is 2. The van der Waals surface area contributed by atoms with E-state index in [1.165, 1.54) is 18.9 Å². The fourth-order valence-electron chi connectivity index (χ4n) is 3.35. The van der Waals surface area contributed by atoms with Gasteiger partial charge in [0.1, 0.15) is 11.6 Å². The van der Waals surface area contributed by atoms with E-state index in [0.717, 1.165) is 15.5 Å². The summed E-state index contributed by atoms with van der Waals surface area (Å²) in [7, 11) is 0. The molecule has 2 aromatic carbocycles. The minimum Gasteiger partial charge on any atom is -0.352 e. The number of halogens is 1. The van der Waals surface area contributed by atoms with E-state index in [1.54, 1.807) is 35.6 Å². The first kappa shape index (κ1) is 17.1. The van der Waals surface area contributed by atoms with E-state index in [4.69, 9.17) is 4.98 Å². The van der Waals surface area contributed by atoms with Gasteiger partial charge in [-0.1, -0.05) is 24.3 Å². The summed E-state index contributed by atoms with van der Waals surface area (Å²) < 4.78 is 15.2. The van der Waals surface area contributed by atoms with Crippen LogP contribution in [0.2, 0.25) is 0 Å². The van der Waals surface area contributed by atoms with Crippen molar-refractivity contribution in [2.24, 2.45) is 5.92 Å². The standard InChI is InChI=1S/C22H18FN3OS/c23-17-6-1-2-7-18(17)25-21-16-10-11-28-20(16)14-4-3-5-15(19(14)26-21)22(27)24-12-13-8-9-13/h1-7,10-11,13H,8-9,12H2,(H,24,27)(H,25,26). The summed E-state index contributed by atoms with van der Waals surface area (Å²) in [5.41, 5.74) is 1.53. The van der Waals surface area contributed by atoms with Crippen LogP contribution in [0.1, 0.15) is 23.2 Å². The summed E-state index contributed by atoms with van der Waals surface area (Å²) in [5.74, 6) is 0.700. The van der Waals surface area contributed by atoms with Gasteiger partial charge >= 0.3 is 0 Å². The highest BCUT2D eigenvalue weighted by molar-refractivity contribution is 7.18. The van der Waals surface area contributed by atoms with Gasteiger partial charge in [0.05, 0.1) is 16.8 Å². The Bertz CT molecular complexity index is 1200. The van der Waals surface area contributed by atoms with Crippen molar-refractivity contribution in [1.29, 1.82) is 0 Å². The molecule has 0 atom stereocenters. The van der Waals surface area contributed by atoms with Gasteiger partial charge in [-0.05, 0) is 48.4 Å². The van der Waals surface area contributed by atoms with Crippen molar-refractivity contribution in [3.05, 3.63) is 65.3 Å². The molecule has 0 spiro atoms. The van der Waals surface area contributed by atoms with Crippen LogP contribution in [-0.4, -0.2) is 17.4 Å². The predicted octanol–water partition coefficient (Wildman–Crippen LogP) is 5.47. The zero-order chi connectivity index (χ0) is 19.1. The van der Waals surface area contributed by atoms with Gasteiger partial charge in [0.2, 0.25) is 0 Å². The Morgan fingerprint density at radius 2 is 1.96 bits per heavy atom. The molecule has 0 aliphatic heterocycles.